The van der Waals surface area contributed by atoms with Gasteiger partial charge in [0, 0.05) is 58.2 Å². The number of aliphatic hydroxyl groups is 1. The fraction of sp³-hybridized carbons (Fsp3) is 0.435. The van der Waals surface area contributed by atoms with Gasteiger partial charge in [0.05, 0.1) is 6.10 Å². The molecule has 1 aromatic carbocycles. The van der Waals surface area contributed by atoms with Crippen molar-refractivity contribution in [1.82, 2.24) is 19.8 Å². The molecule has 2 heterocycles. The van der Waals surface area contributed by atoms with Crippen LogP contribution < -0.4 is 4.90 Å². The van der Waals surface area contributed by atoms with E-state index in [1.165, 1.54) is 0 Å². The molecule has 1 N–H and O–H groups in total. The maximum absolute atomic E-state index is 13.1. The monoisotopic (exact) mass is 409 g/mol. The second-order valence-electron chi connectivity index (χ2n) is 8.06. The molecule has 30 heavy (non-hydrogen) atoms. The van der Waals surface area contributed by atoms with Crippen molar-refractivity contribution in [1.29, 1.82) is 0 Å². The molecule has 1 aromatic heterocycles. The van der Waals surface area contributed by atoms with Gasteiger partial charge in [-0.1, -0.05) is 42.5 Å². The van der Waals surface area contributed by atoms with Crippen molar-refractivity contribution in [2.45, 2.75) is 25.5 Å². The molecule has 2 atom stereocenters. The number of likely N-dealkylation sites (N-methyl/N-ethyl adjacent to an activating group) is 1. The van der Waals surface area contributed by atoms with Crippen LogP contribution in [0.4, 0.5) is 5.95 Å². The third-order valence-corrected chi connectivity index (χ3v) is 5.60. The van der Waals surface area contributed by atoms with Crippen LogP contribution in [-0.4, -0.2) is 76.6 Å². The van der Waals surface area contributed by atoms with Crippen molar-refractivity contribution in [2.75, 3.05) is 45.2 Å². The Labute approximate surface area is 178 Å². The third-order valence-electron chi connectivity index (χ3n) is 5.60. The Morgan fingerprint density at radius 1 is 1.13 bits per heavy atom. The van der Waals surface area contributed by atoms with Gasteiger partial charge < -0.3 is 14.9 Å². The molecule has 160 valence electrons. The van der Waals surface area contributed by atoms with Crippen LogP contribution in [0, 0.1) is 0 Å². The predicted molar refractivity (Wildman–Crippen MR) is 119 cm³/mol. The van der Waals surface area contributed by atoms with Gasteiger partial charge in [-0.25, -0.2) is 9.97 Å². The maximum Gasteiger partial charge on any atom is 0.246 e. The highest BCUT2D eigenvalue weighted by Crippen LogP contribution is 2.24. The van der Waals surface area contributed by atoms with Crippen molar-refractivity contribution in [2.24, 2.45) is 0 Å². The van der Waals surface area contributed by atoms with Gasteiger partial charge in [-0.2, -0.15) is 0 Å². The molecule has 7 nitrogen and oxygen atoms in total. The van der Waals surface area contributed by atoms with Crippen LogP contribution in [0.25, 0.3) is 6.08 Å². The van der Waals surface area contributed by atoms with E-state index in [0.29, 0.717) is 11.5 Å². The van der Waals surface area contributed by atoms with Gasteiger partial charge in [0.1, 0.15) is 5.54 Å². The molecule has 0 radical (unpaired) electrons. The van der Waals surface area contributed by atoms with Crippen molar-refractivity contribution in [3.05, 3.63) is 59.9 Å². The molecule has 0 bridgehead atoms. The van der Waals surface area contributed by atoms with Gasteiger partial charge in [-0.15, -0.1) is 0 Å². The number of hydrogen-bond acceptors (Lipinski definition) is 6. The number of hydrogen-bond donors (Lipinski definition) is 1. The first-order valence-electron chi connectivity index (χ1n) is 10.3. The second-order valence-corrected chi connectivity index (χ2v) is 8.06. The molecule has 2 unspecified atom stereocenters. The van der Waals surface area contributed by atoms with Gasteiger partial charge >= 0.3 is 0 Å². The summed E-state index contributed by atoms with van der Waals surface area (Å²) >= 11 is 0. The fourth-order valence-corrected chi connectivity index (χ4v) is 3.67. The van der Waals surface area contributed by atoms with Gasteiger partial charge in [0.25, 0.3) is 0 Å². The Morgan fingerprint density at radius 2 is 1.73 bits per heavy atom. The fourth-order valence-electron chi connectivity index (χ4n) is 3.67. The standard InChI is InChI=1S/C23H31N5O2/c1-18(29)20-16-24-22(25-17-20)27-12-14-28(15-13-27)23(2,21(30)26(3)4)11-10-19-8-6-5-7-9-19/h5-11,16-18,29H,12-15H2,1-4H3/b11-10+. The van der Waals surface area contributed by atoms with E-state index in [1.54, 1.807) is 38.3 Å². The summed E-state index contributed by atoms with van der Waals surface area (Å²) in [7, 11) is 3.59. The summed E-state index contributed by atoms with van der Waals surface area (Å²) < 4.78 is 0. The number of aliphatic hydroxyl groups excluding tert-OH is 1. The van der Waals surface area contributed by atoms with Crippen molar-refractivity contribution in [3.8, 4) is 0 Å². The minimum absolute atomic E-state index is 0.0562. The quantitative estimate of drug-likeness (QED) is 0.789. The average molecular weight is 410 g/mol. The first-order chi connectivity index (χ1) is 14.3. The molecule has 1 fully saturated rings. The highest BCUT2D eigenvalue weighted by atomic mass is 16.3. The van der Waals surface area contributed by atoms with Crippen LogP contribution in [0.5, 0.6) is 0 Å². The van der Waals surface area contributed by atoms with E-state index in [-0.39, 0.29) is 5.91 Å². The molecule has 1 aliphatic heterocycles. The average Bonchev–Trinajstić information content (AvgIpc) is 2.77. The zero-order valence-corrected chi connectivity index (χ0v) is 18.2. The van der Waals surface area contributed by atoms with E-state index < -0.39 is 11.6 Å². The van der Waals surface area contributed by atoms with Crippen molar-refractivity contribution < 1.29 is 9.90 Å². The Bertz CT molecular complexity index is 859. The van der Waals surface area contributed by atoms with Crippen LogP contribution in [0.2, 0.25) is 0 Å². The van der Waals surface area contributed by atoms with Crippen LogP contribution in [0.1, 0.15) is 31.1 Å². The zero-order chi connectivity index (χ0) is 21.7. The summed E-state index contributed by atoms with van der Waals surface area (Å²) in [5, 5.41) is 9.64. The Balaban J connectivity index is 1.74. The number of anilines is 1. The van der Waals surface area contributed by atoms with Crippen molar-refractivity contribution >= 4 is 17.9 Å². The summed E-state index contributed by atoms with van der Waals surface area (Å²) in [6, 6.07) is 10.0. The van der Waals surface area contributed by atoms with Crippen molar-refractivity contribution in [3.63, 3.8) is 0 Å². The number of carbonyl (C=O) groups is 1. The van der Waals surface area contributed by atoms with E-state index in [2.05, 4.69) is 19.8 Å². The van der Waals surface area contributed by atoms with E-state index in [9.17, 15) is 9.90 Å². The molecule has 1 amide bonds. The zero-order valence-electron chi connectivity index (χ0n) is 18.2. The number of benzene rings is 1. The van der Waals surface area contributed by atoms with Gasteiger partial charge in [-0.3, -0.25) is 9.69 Å². The third kappa shape index (κ3) is 4.86. The topological polar surface area (TPSA) is 72.8 Å². The Morgan fingerprint density at radius 3 is 2.27 bits per heavy atom. The lowest BCUT2D eigenvalue weighted by Crippen LogP contribution is -2.61. The number of aromatic nitrogens is 2. The van der Waals surface area contributed by atoms with Gasteiger partial charge in [-0.05, 0) is 19.4 Å². The van der Waals surface area contributed by atoms with E-state index in [4.69, 9.17) is 0 Å². The molecule has 0 spiro atoms. The first kappa shape index (κ1) is 21.9. The van der Waals surface area contributed by atoms with E-state index in [0.717, 1.165) is 31.7 Å². The molecule has 7 heteroatoms. The number of amides is 1. The molecule has 1 aliphatic rings. The Kier molecular flexibility index (Phi) is 6.84. The van der Waals surface area contributed by atoms with Gasteiger partial charge in [0.15, 0.2) is 0 Å². The number of piperazine rings is 1. The second kappa shape index (κ2) is 9.36. The summed E-state index contributed by atoms with van der Waals surface area (Å²) in [6.07, 6.45) is 6.79. The first-order valence-corrected chi connectivity index (χ1v) is 10.3. The molecule has 2 aromatic rings. The van der Waals surface area contributed by atoms with Crippen LogP contribution in [0.3, 0.4) is 0 Å². The molecule has 0 aliphatic carbocycles. The number of carbonyl (C=O) groups excluding carboxylic acids is 1. The summed E-state index contributed by atoms with van der Waals surface area (Å²) in [4.78, 5) is 27.9. The summed E-state index contributed by atoms with van der Waals surface area (Å²) in [6.45, 7) is 6.57. The lowest BCUT2D eigenvalue weighted by atomic mass is 9.95. The predicted octanol–water partition coefficient (Wildman–Crippen LogP) is 2.21. The smallest absolute Gasteiger partial charge is 0.246 e. The maximum atomic E-state index is 13.1. The molecule has 1 saturated heterocycles. The van der Waals surface area contributed by atoms with Gasteiger partial charge in [0.2, 0.25) is 11.9 Å². The van der Waals surface area contributed by atoms with Crippen LogP contribution >= 0.6 is 0 Å². The molecular weight excluding hydrogens is 378 g/mol. The number of rotatable bonds is 6. The Hall–Kier alpha value is -2.77. The van der Waals surface area contributed by atoms with E-state index in [1.807, 2.05) is 49.4 Å². The largest absolute Gasteiger partial charge is 0.389 e. The summed E-state index contributed by atoms with van der Waals surface area (Å²) in [5.74, 6) is 0.709. The van der Waals surface area contributed by atoms with Crippen LogP contribution in [0.15, 0.2) is 48.8 Å². The SMILES string of the molecule is CC(O)c1cnc(N2CCN(C(C)(/C=C/c3ccccc3)C(=O)N(C)C)CC2)nc1. The number of nitrogens with zero attached hydrogens (tertiary/aromatic N) is 5. The minimum atomic E-state index is -0.734. The highest BCUT2D eigenvalue weighted by molar-refractivity contribution is 5.89. The van der Waals surface area contributed by atoms with Crippen LogP contribution in [-0.2, 0) is 4.79 Å². The normalized spacial score (nSPS) is 18.2. The van der Waals surface area contributed by atoms with E-state index >= 15 is 0 Å². The lowest BCUT2D eigenvalue weighted by Gasteiger charge is -2.44. The highest BCUT2D eigenvalue weighted by Gasteiger charge is 2.39. The lowest BCUT2D eigenvalue weighted by molar-refractivity contribution is -0.138. The summed E-state index contributed by atoms with van der Waals surface area (Å²) in [5.41, 5.74) is 1.04. The molecule has 0 saturated carbocycles. The molecular formula is C23H31N5O2. The minimum Gasteiger partial charge on any atom is -0.389 e. The molecule has 3 rings (SSSR count).